The van der Waals surface area contributed by atoms with Gasteiger partial charge in [0.25, 0.3) is 0 Å². The summed E-state index contributed by atoms with van der Waals surface area (Å²) >= 11 is 0. The summed E-state index contributed by atoms with van der Waals surface area (Å²) < 4.78 is 18.3. The van der Waals surface area contributed by atoms with Crippen LogP contribution in [-0.4, -0.2) is 18.4 Å². The summed E-state index contributed by atoms with van der Waals surface area (Å²) in [4.78, 5) is 3.95. The summed E-state index contributed by atoms with van der Waals surface area (Å²) in [6.45, 7) is 0. The Morgan fingerprint density at radius 1 is 1.67 bits per heavy atom. The molecular formula is C8H10BFNO. The Hall–Kier alpha value is -0.795. The van der Waals surface area contributed by atoms with Gasteiger partial charge in [0, 0.05) is 5.82 Å². The normalized spacial score (nSPS) is 29.8. The van der Waals surface area contributed by atoms with Gasteiger partial charge in [0.15, 0.2) is 5.89 Å². The third-order valence-electron chi connectivity index (χ3n) is 2.23. The third-order valence-corrected chi connectivity index (χ3v) is 2.23. The Morgan fingerprint density at radius 2 is 2.58 bits per heavy atom. The lowest BCUT2D eigenvalue weighted by Gasteiger charge is -2.21. The van der Waals surface area contributed by atoms with E-state index >= 15 is 0 Å². The van der Waals surface area contributed by atoms with Crippen molar-refractivity contribution in [3.63, 3.8) is 0 Å². The van der Waals surface area contributed by atoms with Crippen LogP contribution in [0.3, 0.4) is 0 Å². The lowest BCUT2D eigenvalue weighted by Crippen LogP contribution is -2.25. The maximum atomic E-state index is 13.3. The predicted molar refractivity (Wildman–Crippen MR) is 43.9 cm³/mol. The summed E-state index contributed by atoms with van der Waals surface area (Å²) in [5.74, 6) is 0.302. The molecule has 1 aliphatic rings. The van der Waals surface area contributed by atoms with Crippen molar-refractivity contribution in [1.82, 2.24) is 4.98 Å². The Balaban J connectivity index is 2.11. The highest BCUT2D eigenvalue weighted by atomic mass is 19.1. The molecular weight excluding hydrogens is 156 g/mol. The Bertz CT molecular complexity index is 239. The second-order valence-corrected chi connectivity index (χ2v) is 3.08. The van der Waals surface area contributed by atoms with Gasteiger partial charge in [-0.05, 0) is 6.42 Å². The summed E-state index contributed by atoms with van der Waals surface area (Å²) in [6.07, 6.45) is 4.78. The summed E-state index contributed by atoms with van der Waals surface area (Å²) in [5.41, 5.74) is 0. The van der Waals surface area contributed by atoms with Crippen molar-refractivity contribution in [2.24, 2.45) is 0 Å². The predicted octanol–water partition coefficient (Wildman–Crippen LogP) is 1.97. The summed E-state index contributed by atoms with van der Waals surface area (Å²) in [6, 6.07) is 0. The molecule has 2 atom stereocenters. The molecule has 1 saturated heterocycles. The zero-order chi connectivity index (χ0) is 8.39. The zero-order valence-corrected chi connectivity index (χ0v) is 6.74. The number of hydrogen-bond donors (Lipinski definition) is 0. The van der Waals surface area contributed by atoms with Gasteiger partial charge in [-0.2, -0.15) is 0 Å². The van der Waals surface area contributed by atoms with Crippen LogP contribution < -0.4 is 0 Å². The average Bonchev–Trinajstić information content (AvgIpc) is 2.57. The second-order valence-electron chi connectivity index (χ2n) is 3.08. The quantitative estimate of drug-likeness (QED) is 0.596. The van der Waals surface area contributed by atoms with Crippen LogP contribution in [-0.2, 0) is 0 Å². The maximum absolute atomic E-state index is 13.3. The van der Waals surface area contributed by atoms with Crippen LogP contribution in [0.5, 0.6) is 0 Å². The zero-order valence-electron chi connectivity index (χ0n) is 6.74. The van der Waals surface area contributed by atoms with Gasteiger partial charge >= 0.3 is 0 Å². The van der Waals surface area contributed by atoms with Crippen LogP contribution in [0.25, 0.3) is 0 Å². The fourth-order valence-electron chi connectivity index (χ4n) is 1.59. The Morgan fingerprint density at radius 3 is 3.25 bits per heavy atom. The van der Waals surface area contributed by atoms with Crippen LogP contribution in [0, 0.1) is 0 Å². The molecule has 2 rings (SSSR count). The smallest absolute Gasteiger partial charge is 0.191 e. The number of aromatic nitrogens is 1. The molecule has 1 radical (unpaired) electrons. The van der Waals surface area contributed by atoms with Crippen molar-refractivity contribution in [2.45, 2.75) is 31.2 Å². The number of rotatable bonds is 1. The van der Waals surface area contributed by atoms with E-state index in [0.29, 0.717) is 12.3 Å². The first-order valence-electron chi connectivity index (χ1n) is 4.25. The average molecular weight is 166 g/mol. The number of halogens is 1. The minimum absolute atomic E-state index is 0.214. The van der Waals surface area contributed by atoms with E-state index < -0.39 is 6.17 Å². The van der Waals surface area contributed by atoms with Crippen LogP contribution in [0.15, 0.2) is 16.9 Å². The number of nitrogens with zero attached hydrogens (tertiary/aromatic N) is 1. The minimum atomic E-state index is -0.808. The molecule has 4 heteroatoms. The molecule has 1 aromatic heterocycles. The molecule has 12 heavy (non-hydrogen) atoms. The molecule has 2 heterocycles. The Labute approximate surface area is 71.4 Å². The van der Waals surface area contributed by atoms with E-state index in [1.54, 1.807) is 6.20 Å². The molecule has 0 N–H and O–H groups in total. The molecule has 1 fully saturated rings. The van der Waals surface area contributed by atoms with E-state index in [2.05, 4.69) is 4.98 Å². The molecule has 2 unspecified atom stereocenters. The first-order valence-corrected chi connectivity index (χ1v) is 4.25. The molecule has 0 aliphatic carbocycles. The minimum Gasteiger partial charge on any atom is -0.449 e. The number of hydrogen-bond acceptors (Lipinski definition) is 2. The fraction of sp³-hybridized carbons (Fsp3) is 0.625. The molecule has 0 bridgehead atoms. The molecule has 0 saturated carbocycles. The molecule has 0 aromatic carbocycles. The van der Waals surface area contributed by atoms with Crippen molar-refractivity contribution in [1.29, 1.82) is 0 Å². The lowest BCUT2D eigenvalue weighted by molar-refractivity contribution is 0.268. The lowest BCUT2D eigenvalue weighted by atomic mass is 9.55. The van der Waals surface area contributed by atoms with Crippen LogP contribution in [0.2, 0.25) is 6.32 Å². The van der Waals surface area contributed by atoms with Gasteiger partial charge in [0.05, 0.1) is 6.20 Å². The van der Waals surface area contributed by atoms with Crippen molar-refractivity contribution in [3.05, 3.63) is 18.4 Å². The monoisotopic (exact) mass is 166 g/mol. The second kappa shape index (κ2) is 3.29. The van der Waals surface area contributed by atoms with Crippen molar-refractivity contribution < 1.29 is 8.81 Å². The van der Waals surface area contributed by atoms with Gasteiger partial charge in [-0.1, -0.05) is 12.7 Å². The summed E-state index contributed by atoms with van der Waals surface area (Å²) in [5, 5.41) is 0. The highest BCUT2D eigenvalue weighted by Crippen LogP contribution is 2.29. The molecule has 0 amide bonds. The standard InChI is InChI=1S/C8H10BFNO/c10-6-2-1-3-9-7(6)8-11-4-5-12-8/h4-7H,1-3H2. The van der Waals surface area contributed by atoms with Crippen molar-refractivity contribution >= 4 is 7.28 Å². The van der Waals surface area contributed by atoms with Gasteiger partial charge < -0.3 is 4.42 Å². The SMILES string of the molecule is FC1CCC[B]C1c1ncco1. The van der Waals surface area contributed by atoms with Crippen LogP contribution >= 0.6 is 0 Å². The Kier molecular flexibility index (Phi) is 2.15. The van der Waals surface area contributed by atoms with Gasteiger partial charge in [-0.3, -0.25) is 0 Å². The van der Waals surface area contributed by atoms with Gasteiger partial charge in [-0.15, -0.1) is 0 Å². The van der Waals surface area contributed by atoms with E-state index in [-0.39, 0.29) is 5.82 Å². The topological polar surface area (TPSA) is 26.0 Å². The molecule has 1 aliphatic heterocycles. The maximum Gasteiger partial charge on any atom is 0.191 e. The fourth-order valence-corrected chi connectivity index (χ4v) is 1.59. The van der Waals surface area contributed by atoms with Crippen molar-refractivity contribution in [2.75, 3.05) is 0 Å². The molecule has 0 spiro atoms. The van der Waals surface area contributed by atoms with E-state index in [1.807, 2.05) is 7.28 Å². The van der Waals surface area contributed by atoms with Gasteiger partial charge in [0.2, 0.25) is 0 Å². The highest BCUT2D eigenvalue weighted by molar-refractivity contribution is 6.38. The van der Waals surface area contributed by atoms with Gasteiger partial charge in [-0.25, -0.2) is 9.37 Å². The molecule has 2 nitrogen and oxygen atoms in total. The highest BCUT2D eigenvalue weighted by Gasteiger charge is 2.29. The van der Waals surface area contributed by atoms with Crippen LogP contribution in [0.4, 0.5) is 4.39 Å². The molecule has 1 aromatic rings. The molecule has 63 valence electrons. The third kappa shape index (κ3) is 1.38. The van der Waals surface area contributed by atoms with E-state index in [1.165, 1.54) is 6.26 Å². The largest absolute Gasteiger partial charge is 0.449 e. The number of alkyl halides is 1. The first kappa shape index (κ1) is 7.83. The summed E-state index contributed by atoms with van der Waals surface area (Å²) in [7, 11) is 1.96. The van der Waals surface area contributed by atoms with E-state index in [4.69, 9.17) is 4.42 Å². The van der Waals surface area contributed by atoms with Crippen LogP contribution in [0.1, 0.15) is 24.5 Å². The van der Waals surface area contributed by atoms with Crippen molar-refractivity contribution in [3.8, 4) is 0 Å². The number of oxazole rings is 1. The van der Waals surface area contributed by atoms with E-state index in [0.717, 1.165) is 12.7 Å². The van der Waals surface area contributed by atoms with Gasteiger partial charge in [0.1, 0.15) is 19.7 Å². The first-order chi connectivity index (χ1) is 5.88. The van der Waals surface area contributed by atoms with E-state index in [9.17, 15) is 4.39 Å².